The van der Waals surface area contributed by atoms with Gasteiger partial charge in [-0.2, -0.15) is 0 Å². The molecule has 0 saturated heterocycles. The number of anilines is 1. The number of rotatable bonds is 9. The quantitative estimate of drug-likeness (QED) is 0.422. The van der Waals surface area contributed by atoms with Crippen LogP contribution in [0.2, 0.25) is 0 Å². The van der Waals surface area contributed by atoms with E-state index in [2.05, 4.69) is 11.6 Å². The monoisotopic (exact) mass is 443 g/mol. The van der Waals surface area contributed by atoms with E-state index in [1.807, 2.05) is 6.07 Å². The van der Waals surface area contributed by atoms with Crippen molar-refractivity contribution in [2.45, 2.75) is 24.7 Å². The smallest absolute Gasteiger partial charge is 0.337 e. The summed E-state index contributed by atoms with van der Waals surface area (Å²) in [6.07, 6.45) is 1.95. The number of fused-ring (bicyclic) bond motifs is 1. The van der Waals surface area contributed by atoms with Crippen LogP contribution in [0, 0.1) is 0 Å². The lowest BCUT2D eigenvalue weighted by Gasteiger charge is -2.12. The van der Waals surface area contributed by atoms with E-state index in [1.165, 1.54) is 12.1 Å². The maximum atomic E-state index is 12.9. The van der Waals surface area contributed by atoms with Crippen molar-refractivity contribution in [1.29, 1.82) is 0 Å². The SMILES string of the molecule is CCCCOc1ccc2cc(S(=O)(=O)Nc3cc(C(=O)O)ccc3C(=O)O)ccc2c1. The van der Waals surface area contributed by atoms with Crippen LogP contribution in [0.1, 0.15) is 40.5 Å². The van der Waals surface area contributed by atoms with Crippen molar-refractivity contribution in [2.75, 3.05) is 11.3 Å². The van der Waals surface area contributed by atoms with Crippen molar-refractivity contribution in [3.63, 3.8) is 0 Å². The number of carbonyl (C=O) groups is 2. The Labute approximate surface area is 179 Å². The molecule has 3 N–H and O–H groups in total. The molecule has 0 saturated carbocycles. The lowest BCUT2D eigenvalue weighted by atomic mass is 10.1. The minimum Gasteiger partial charge on any atom is -0.494 e. The Morgan fingerprint density at radius 3 is 2.32 bits per heavy atom. The third-order valence-corrected chi connectivity index (χ3v) is 5.96. The molecule has 0 radical (unpaired) electrons. The zero-order valence-electron chi connectivity index (χ0n) is 16.7. The van der Waals surface area contributed by atoms with Gasteiger partial charge in [-0.3, -0.25) is 4.72 Å². The van der Waals surface area contributed by atoms with E-state index in [0.717, 1.165) is 36.4 Å². The predicted octanol–water partition coefficient (Wildman–Crippen LogP) is 4.22. The molecular weight excluding hydrogens is 422 g/mol. The van der Waals surface area contributed by atoms with E-state index in [1.54, 1.807) is 18.2 Å². The van der Waals surface area contributed by atoms with Crippen LogP contribution in [0.4, 0.5) is 5.69 Å². The Kier molecular flexibility index (Phi) is 6.45. The van der Waals surface area contributed by atoms with E-state index < -0.39 is 22.0 Å². The van der Waals surface area contributed by atoms with Crippen LogP contribution in [-0.4, -0.2) is 37.2 Å². The summed E-state index contributed by atoms with van der Waals surface area (Å²) in [7, 11) is -4.17. The summed E-state index contributed by atoms with van der Waals surface area (Å²) in [5, 5.41) is 19.9. The van der Waals surface area contributed by atoms with Crippen LogP contribution < -0.4 is 9.46 Å². The first-order valence-electron chi connectivity index (χ1n) is 9.51. The van der Waals surface area contributed by atoms with Crippen molar-refractivity contribution in [3.8, 4) is 5.75 Å². The van der Waals surface area contributed by atoms with Crippen molar-refractivity contribution in [3.05, 3.63) is 65.7 Å². The summed E-state index contributed by atoms with van der Waals surface area (Å²) < 4.78 is 33.6. The zero-order valence-corrected chi connectivity index (χ0v) is 17.5. The van der Waals surface area contributed by atoms with Gasteiger partial charge in [0.25, 0.3) is 10.0 Å². The fourth-order valence-electron chi connectivity index (χ4n) is 2.95. The van der Waals surface area contributed by atoms with Gasteiger partial charge < -0.3 is 14.9 Å². The standard InChI is InChI=1S/C22H21NO7S/c1-2-3-10-30-17-7-4-15-12-18(8-5-14(15)11-17)31(28,29)23-20-13-16(21(24)25)6-9-19(20)22(26)27/h4-9,11-13,23H,2-3,10H2,1H3,(H,24,25)(H,26,27). The molecule has 0 aliphatic rings. The van der Waals surface area contributed by atoms with Gasteiger partial charge in [-0.25, -0.2) is 18.0 Å². The van der Waals surface area contributed by atoms with Gasteiger partial charge in [0, 0.05) is 0 Å². The number of carboxylic acid groups (broad SMARTS) is 2. The molecule has 9 heteroatoms. The fourth-order valence-corrected chi connectivity index (χ4v) is 4.05. The number of hydrogen-bond donors (Lipinski definition) is 3. The van der Waals surface area contributed by atoms with E-state index in [-0.39, 0.29) is 21.7 Å². The van der Waals surface area contributed by atoms with Gasteiger partial charge in [-0.15, -0.1) is 0 Å². The highest BCUT2D eigenvalue weighted by Crippen LogP contribution is 2.27. The molecule has 8 nitrogen and oxygen atoms in total. The number of nitrogens with one attached hydrogen (secondary N) is 1. The molecule has 0 heterocycles. The number of benzene rings is 3. The minimum atomic E-state index is -4.17. The average molecular weight is 443 g/mol. The van der Waals surface area contributed by atoms with Gasteiger partial charge in [0.1, 0.15) is 5.75 Å². The van der Waals surface area contributed by atoms with Gasteiger partial charge in [0.05, 0.1) is 28.3 Å². The first-order valence-corrected chi connectivity index (χ1v) is 11.0. The molecule has 31 heavy (non-hydrogen) atoms. The van der Waals surface area contributed by atoms with Gasteiger partial charge in [-0.1, -0.05) is 25.5 Å². The van der Waals surface area contributed by atoms with E-state index in [4.69, 9.17) is 9.84 Å². The van der Waals surface area contributed by atoms with Gasteiger partial charge in [0.2, 0.25) is 0 Å². The van der Waals surface area contributed by atoms with E-state index in [9.17, 15) is 23.1 Å². The van der Waals surface area contributed by atoms with Crippen molar-refractivity contribution in [1.82, 2.24) is 0 Å². The summed E-state index contributed by atoms with van der Waals surface area (Å²) in [6, 6.07) is 12.9. The molecule has 0 unspecified atom stereocenters. The Morgan fingerprint density at radius 1 is 0.935 bits per heavy atom. The number of ether oxygens (including phenoxy) is 1. The number of carboxylic acids is 2. The number of aromatic carboxylic acids is 2. The minimum absolute atomic E-state index is 0.0864. The molecule has 0 fully saturated rings. The predicted molar refractivity (Wildman–Crippen MR) is 116 cm³/mol. The number of sulfonamides is 1. The molecule has 3 rings (SSSR count). The Morgan fingerprint density at radius 2 is 1.65 bits per heavy atom. The molecule has 0 aliphatic heterocycles. The maximum Gasteiger partial charge on any atom is 0.337 e. The van der Waals surface area contributed by atoms with E-state index >= 15 is 0 Å². The normalized spacial score (nSPS) is 11.3. The molecule has 3 aromatic carbocycles. The lowest BCUT2D eigenvalue weighted by Crippen LogP contribution is -2.16. The lowest BCUT2D eigenvalue weighted by molar-refractivity contribution is 0.0682. The highest BCUT2D eigenvalue weighted by molar-refractivity contribution is 7.92. The van der Waals surface area contributed by atoms with Crippen molar-refractivity contribution in [2.24, 2.45) is 0 Å². The fraction of sp³-hybridized carbons (Fsp3) is 0.182. The van der Waals surface area contributed by atoms with Crippen LogP contribution >= 0.6 is 0 Å². The highest BCUT2D eigenvalue weighted by atomic mass is 32.2. The second-order valence-corrected chi connectivity index (χ2v) is 8.53. The first-order chi connectivity index (χ1) is 14.7. The van der Waals surface area contributed by atoms with Crippen LogP contribution in [0.15, 0.2) is 59.5 Å². The number of hydrogen-bond acceptors (Lipinski definition) is 5. The summed E-state index contributed by atoms with van der Waals surface area (Å²) in [6.45, 7) is 2.66. The largest absolute Gasteiger partial charge is 0.494 e. The molecule has 0 aromatic heterocycles. The average Bonchev–Trinajstić information content (AvgIpc) is 2.73. The van der Waals surface area contributed by atoms with E-state index in [0.29, 0.717) is 17.7 Å². The van der Waals surface area contributed by atoms with Gasteiger partial charge in [-0.05, 0) is 59.7 Å². The maximum absolute atomic E-state index is 12.9. The molecule has 3 aromatic rings. The third-order valence-electron chi connectivity index (χ3n) is 4.60. The van der Waals surface area contributed by atoms with Gasteiger partial charge >= 0.3 is 11.9 Å². The summed E-state index contributed by atoms with van der Waals surface area (Å²) >= 11 is 0. The van der Waals surface area contributed by atoms with Gasteiger partial charge in [0.15, 0.2) is 0 Å². The molecule has 162 valence electrons. The van der Waals surface area contributed by atoms with Crippen LogP contribution in [-0.2, 0) is 10.0 Å². The first kappa shape index (κ1) is 22.1. The number of unbranched alkanes of at least 4 members (excludes halogenated alkanes) is 1. The molecule has 0 bridgehead atoms. The molecular formula is C22H21NO7S. The Bertz CT molecular complexity index is 1250. The Hall–Kier alpha value is -3.59. The zero-order chi connectivity index (χ0) is 22.6. The van der Waals surface area contributed by atoms with Crippen LogP contribution in [0.3, 0.4) is 0 Å². The molecule has 0 amide bonds. The molecule has 0 spiro atoms. The summed E-state index contributed by atoms with van der Waals surface area (Å²) in [5.74, 6) is -2.00. The summed E-state index contributed by atoms with van der Waals surface area (Å²) in [5.41, 5.74) is -0.924. The second kappa shape index (κ2) is 9.05. The summed E-state index contributed by atoms with van der Waals surface area (Å²) in [4.78, 5) is 22.5. The molecule has 0 atom stereocenters. The highest BCUT2D eigenvalue weighted by Gasteiger charge is 2.20. The topological polar surface area (TPSA) is 130 Å². The Balaban J connectivity index is 1.93. The van der Waals surface area contributed by atoms with Crippen LogP contribution in [0.25, 0.3) is 10.8 Å². The molecule has 0 aliphatic carbocycles. The van der Waals surface area contributed by atoms with Crippen LogP contribution in [0.5, 0.6) is 5.75 Å². The second-order valence-electron chi connectivity index (χ2n) is 6.85. The van der Waals surface area contributed by atoms with Crippen molar-refractivity contribution >= 4 is 38.4 Å². The third kappa shape index (κ3) is 5.13. The van der Waals surface area contributed by atoms with Crippen molar-refractivity contribution < 1.29 is 33.0 Å².